The summed E-state index contributed by atoms with van der Waals surface area (Å²) in [6, 6.07) is 16.0. The van der Waals surface area contributed by atoms with Crippen molar-refractivity contribution in [2.45, 2.75) is 13.8 Å². The van der Waals surface area contributed by atoms with Gasteiger partial charge in [0.1, 0.15) is 5.82 Å². The molecule has 1 fully saturated rings. The maximum absolute atomic E-state index is 13.0. The minimum absolute atomic E-state index is 0.195. The van der Waals surface area contributed by atoms with Crippen LogP contribution in [0.1, 0.15) is 16.8 Å². The molecule has 4 nitrogen and oxygen atoms in total. The Morgan fingerprint density at radius 3 is 2.64 bits per heavy atom. The second-order valence-corrected chi connectivity index (χ2v) is 7.58. The van der Waals surface area contributed by atoms with E-state index in [1.54, 1.807) is 12.1 Å². The van der Waals surface area contributed by atoms with Crippen LogP contribution in [0.15, 0.2) is 70.7 Å². The van der Waals surface area contributed by atoms with E-state index in [0.717, 1.165) is 16.9 Å². The van der Waals surface area contributed by atoms with Crippen LogP contribution in [-0.2, 0) is 4.79 Å². The largest absolute Gasteiger partial charge is 0.317 e. The standard InChI is InChI=1S/C22H18FN3OS/c1-14-5-10-19(15(2)12-14)26-11-3-4-18(26)13-20-21(27)25-22(28-20)24-17-8-6-16(23)7-9-17/h3-13H,1-2H3,(H,24,25,27)/b20-13+. The van der Waals surface area contributed by atoms with Crippen LogP contribution in [-0.4, -0.2) is 15.6 Å². The molecule has 1 saturated heterocycles. The van der Waals surface area contributed by atoms with Crippen LogP contribution in [0.2, 0.25) is 0 Å². The van der Waals surface area contributed by atoms with Crippen LogP contribution in [0.3, 0.4) is 0 Å². The summed E-state index contributed by atoms with van der Waals surface area (Å²) in [5.74, 6) is -0.515. The summed E-state index contributed by atoms with van der Waals surface area (Å²) in [6.45, 7) is 4.14. The van der Waals surface area contributed by atoms with Gasteiger partial charge in [-0.05, 0) is 79.7 Å². The molecule has 28 heavy (non-hydrogen) atoms. The summed E-state index contributed by atoms with van der Waals surface area (Å²) < 4.78 is 15.1. The van der Waals surface area contributed by atoms with Gasteiger partial charge < -0.3 is 9.88 Å². The topological polar surface area (TPSA) is 46.4 Å². The van der Waals surface area contributed by atoms with Crippen molar-refractivity contribution in [3.63, 3.8) is 0 Å². The number of amides is 1. The van der Waals surface area contributed by atoms with Crippen molar-refractivity contribution in [3.8, 4) is 5.69 Å². The van der Waals surface area contributed by atoms with Gasteiger partial charge >= 0.3 is 0 Å². The van der Waals surface area contributed by atoms with Crippen LogP contribution in [0.4, 0.5) is 10.1 Å². The lowest BCUT2D eigenvalue weighted by Crippen LogP contribution is -2.19. The van der Waals surface area contributed by atoms with Crippen LogP contribution in [0.25, 0.3) is 11.8 Å². The van der Waals surface area contributed by atoms with Crippen molar-refractivity contribution in [2.75, 3.05) is 0 Å². The Bertz CT molecular complexity index is 1110. The molecule has 2 aromatic carbocycles. The van der Waals surface area contributed by atoms with Crippen LogP contribution >= 0.6 is 11.8 Å². The highest BCUT2D eigenvalue weighted by molar-refractivity contribution is 8.18. The lowest BCUT2D eigenvalue weighted by molar-refractivity contribution is -0.115. The number of amidine groups is 1. The molecule has 1 amide bonds. The number of rotatable bonds is 3. The van der Waals surface area contributed by atoms with Crippen molar-refractivity contribution in [1.29, 1.82) is 0 Å². The lowest BCUT2D eigenvalue weighted by Gasteiger charge is -2.11. The molecule has 1 aromatic heterocycles. The van der Waals surface area contributed by atoms with E-state index in [1.807, 2.05) is 24.4 Å². The van der Waals surface area contributed by atoms with E-state index < -0.39 is 0 Å². The Morgan fingerprint density at radius 1 is 1.11 bits per heavy atom. The molecule has 6 heteroatoms. The quantitative estimate of drug-likeness (QED) is 0.630. The number of aliphatic imine (C=N–C) groups is 1. The first-order valence-corrected chi connectivity index (χ1v) is 9.61. The zero-order valence-corrected chi connectivity index (χ0v) is 16.3. The molecule has 0 saturated carbocycles. The molecule has 1 aliphatic heterocycles. The van der Waals surface area contributed by atoms with Gasteiger partial charge in [-0.3, -0.25) is 4.79 Å². The molecule has 1 aliphatic rings. The van der Waals surface area contributed by atoms with Crippen LogP contribution in [0, 0.1) is 19.7 Å². The van der Waals surface area contributed by atoms with E-state index in [4.69, 9.17) is 0 Å². The highest BCUT2D eigenvalue weighted by Crippen LogP contribution is 2.29. The maximum atomic E-state index is 13.0. The predicted octanol–water partition coefficient (Wildman–Crippen LogP) is 5.12. The Hall–Kier alpha value is -3.12. The van der Waals surface area contributed by atoms with Crippen LogP contribution < -0.4 is 5.32 Å². The van der Waals surface area contributed by atoms with E-state index in [1.165, 1.54) is 29.5 Å². The summed E-state index contributed by atoms with van der Waals surface area (Å²) in [5.41, 5.74) is 4.95. The summed E-state index contributed by atoms with van der Waals surface area (Å²) in [5, 5.41) is 3.24. The molecule has 4 rings (SSSR count). The number of carbonyl (C=O) groups excluding carboxylic acids is 1. The Balaban J connectivity index is 1.63. The first kappa shape index (κ1) is 18.3. The van der Waals surface area contributed by atoms with Gasteiger partial charge in [-0.1, -0.05) is 17.7 Å². The third kappa shape index (κ3) is 3.77. The number of nitrogens with one attached hydrogen (secondary N) is 1. The zero-order chi connectivity index (χ0) is 19.7. The molecule has 0 unspecified atom stereocenters. The minimum atomic E-state index is -0.320. The Labute approximate surface area is 166 Å². The fourth-order valence-electron chi connectivity index (χ4n) is 3.05. The number of aryl methyl sites for hydroxylation is 2. The summed E-state index contributed by atoms with van der Waals surface area (Å²) in [6.07, 6.45) is 3.83. The number of thioether (sulfide) groups is 1. The smallest absolute Gasteiger partial charge is 0.264 e. The van der Waals surface area contributed by atoms with Gasteiger partial charge in [-0.25, -0.2) is 9.38 Å². The van der Waals surface area contributed by atoms with Gasteiger partial charge in [-0.15, -0.1) is 0 Å². The molecular formula is C22H18FN3OS. The van der Waals surface area contributed by atoms with Gasteiger partial charge in [0.25, 0.3) is 5.91 Å². The van der Waals surface area contributed by atoms with Crippen molar-refractivity contribution < 1.29 is 9.18 Å². The average molecular weight is 391 g/mol. The third-order valence-electron chi connectivity index (χ3n) is 4.38. The number of aromatic nitrogens is 1. The minimum Gasteiger partial charge on any atom is -0.317 e. The summed E-state index contributed by atoms with van der Waals surface area (Å²) in [7, 11) is 0. The number of hydrogen-bond donors (Lipinski definition) is 1. The summed E-state index contributed by atoms with van der Waals surface area (Å²) >= 11 is 1.27. The fourth-order valence-corrected chi connectivity index (χ4v) is 3.88. The first-order valence-electron chi connectivity index (χ1n) is 8.80. The lowest BCUT2D eigenvalue weighted by atomic mass is 10.1. The van der Waals surface area contributed by atoms with Crippen molar-refractivity contribution in [3.05, 3.63) is 88.3 Å². The third-order valence-corrected chi connectivity index (χ3v) is 5.29. The molecule has 2 heterocycles. The second-order valence-electron chi connectivity index (χ2n) is 6.55. The highest BCUT2D eigenvalue weighted by Gasteiger charge is 2.24. The number of carbonyl (C=O) groups is 1. The van der Waals surface area contributed by atoms with Crippen LogP contribution in [0.5, 0.6) is 0 Å². The van der Waals surface area contributed by atoms with Crippen molar-refractivity contribution in [2.24, 2.45) is 4.99 Å². The van der Waals surface area contributed by atoms with Gasteiger partial charge in [0, 0.05) is 17.6 Å². The zero-order valence-electron chi connectivity index (χ0n) is 15.4. The van der Waals surface area contributed by atoms with E-state index in [2.05, 4.69) is 46.9 Å². The van der Waals surface area contributed by atoms with Crippen molar-refractivity contribution >= 4 is 34.6 Å². The fraction of sp³-hybridized carbons (Fsp3) is 0.0909. The maximum Gasteiger partial charge on any atom is 0.264 e. The van der Waals surface area contributed by atoms with Gasteiger partial charge in [0.15, 0.2) is 5.17 Å². The van der Waals surface area contributed by atoms with E-state index in [0.29, 0.717) is 15.8 Å². The van der Waals surface area contributed by atoms with Crippen molar-refractivity contribution in [1.82, 2.24) is 9.88 Å². The average Bonchev–Trinajstić information content (AvgIpc) is 3.24. The SMILES string of the molecule is Cc1ccc(-n2cccc2/C=C2/SC(=Nc3ccc(F)cc3)NC2=O)c(C)c1. The molecule has 140 valence electrons. The molecule has 1 N–H and O–H groups in total. The number of hydrogen-bond acceptors (Lipinski definition) is 3. The Morgan fingerprint density at radius 2 is 1.89 bits per heavy atom. The van der Waals surface area contributed by atoms with E-state index in [-0.39, 0.29) is 11.7 Å². The Kier molecular flexibility index (Phi) is 4.88. The van der Waals surface area contributed by atoms with Gasteiger partial charge in [0.2, 0.25) is 0 Å². The van der Waals surface area contributed by atoms with Gasteiger partial charge in [-0.2, -0.15) is 0 Å². The van der Waals surface area contributed by atoms with E-state index in [9.17, 15) is 9.18 Å². The molecule has 0 spiro atoms. The van der Waals surface area contributed by atoms with Gasteiger partial charge in [0.05, 0.1) is 10.6 Å². The molecule has 0 radical (unpaired) electrons. The normalized spacial score (nSPS) is 16.8. The molecule has 0 atom stereocenters. The first-order chi connectivity index (χ1) is 13.5. The molecule has 0 bridgehead atoms. The predicted molar refractivity (Wildman–Crippen MR) is 112 cm³/mol. The monoisotopic (exact) mass is 391 g/mol. The highest BCUT2D eigenvalue weighted by atomic mass is 32.2. The molecule has 0 aliphatic carbocycles. The molecular weight excluding hydrogens is 373 g/mol. The van der Waals surface area contributed by atoms with E-state index >= 15 is 0 Å². The number of benzene rings is 2. The second kappa shape index (κ2) is 7.48. The summed E-state index contributed by atoms with van der Waals surface area (Å²) in [4.78, 5) is 17.3. The number of nitrogens with zero attached hydrogens (tertiary/aromatic N) is 2. The molecule has 3 aromatic rings. The number of halogens is 1.